The zero-order valence-corrected chi connectivity index (χ0v) is 11.6. The van der Waals surface area contributed by atoms with Gasteiger partial charge in [0.2, 0.25) is 0 Å². The van der Waals surface area contributed by atoms with Gasteiger partial charge in [-0.1, -0.05) is 41.9 Å². The molecule has 0 N–H and O–H groups in total. The van der Waals surface area contributed by atoms with Gasteiger partial charge in [-0.25, -0.2) is 9.97 Å². The summed E-state index contributed by atoms with van der Waals surface area (Å²) in [5.41, 5.74) is 5.84. The predicted molar refractivity (Wildman–Crippen MR) is 79.5 cm³/mol. The Morgan fingerprint density at radius 2 is 1.37 bits per heavy atom. The van der Waals surface area contributed by atoms with Crippen molar-refractivity contribution in [1.29, 1.82) is 0 Å². The monoisotopic (exact) mass is 268 g/mol. The lowest BCUT2D eigenvalue weighted by molar-refractivity contribution is 1.26. The fourth-order valence-corrected chi connectivity index (χ4v) is 2.55. The van der Waals surface area contributed by atoms with E-state index >= 15 is 0 Å². The highest BCUT2D eigenvalue weighted by Gasteiger charge is 2.13. The van der Waals surface area contributed by atoms with Gasteiger partial charge >= 0.3 is 0 Å². The van der Waals surface area contributed by atoms with Crippen LogP contribution >= 0.6 is 11.6 Å². The van der Waals surface area contributed by atoms with Crippen molar-refractivity contribution in [1.82, 2.24) is 9.97 Å². The third-order valence-corrected chi connectivity index (χ3v) is 3.51. The van der Waals surface area contributed by atoms with E-state index < -0.39 is 0 Å². The van der Waals surface area contributed by atoms with E-state index in [0.29, 0.717) is 5.15 Å². The van der Waals surface area contributed by atoms with E-state index in [1.165, 1.54) is 0 Å². The number of para-hydroxylation sites is 2. The van der Waals surface area contributed by atoms with E-state index in [9.17, 15) is 0 Å². The Morgan fingerprint density at radius 3 is 2.00 bits per heavy atom. The molecule has 2 aromatic carbocycles. The summed E-state index contributed by atoms with van der Waals surface area (Å²) in [6.07, 6.45) is 0. The molecular formula is C16H13ClN2. The fraction of sp³-hybridized carbons (Fsp3) is 0.125. The molecule has 0 fully saturated rings. The summed E-state index contributed by atoms with van der Waals surface area (Å²) in [4.78, 5) is 9.11. The van der Waals surface area contributed by atoms with Crippen molar-refractivity contribution < 1.29 is 0 Å². The van der Waals surface area contributed by atoms with Crippen LogP contribution in [-0.2, 0) is 0 Å². The maximum atomic E-state index is 6.31. The Labute approximate surface area is 117 Å². The first-order valence-corrected chi connectivity index (χ1v) is 6.53. The number of halogens is 1. The van der Waals surface area contributed by atoms with Gasteiger partial charge in [0.1, 0.15) is 5.69 Å². The van der Waals surface area contributed by atoms with Gasteiger partial charge in [-0.15, -0.1) is 0 Å². The van der Waals surface area contributed by atoms with Crippen molar-refractivity contribution in [2.45, 2.75) is 13.8 Å². The summed E-state index contributed by atoms with van der Waals surface area (Å²) >= 11 is 6.31. The molecule has 0 saturated carbocycles. The van der Waals surface area contributed by atoms with Gasteiger partial charge in [0.05, 0.1) is 11.0 Å². The molecule has 3 rings (SSSR count). The Balaban J connectivity index is 2.33. The lowest BCUT2D eigenvalue weighted by Gasteiger charge is -2.11. The predicted octanol–water partition coefficient (Wildman–Crippen LogP) is 4.57. The van der Waals surface area contributed by atoms with Crippen molar-refractivity contribution in [3.05, 3.63) is 58.7 Å². The Morgan fingerprint density at radius 1 is 0.789 bits per heavy atom. The van der Waals surface area contributed by atoms with Gasteiger partial charge < -0.3 is 0 Å². The first kappa shape index (κ1) is 12.1. The molecule has 94 valence electrons. The van der Waals surface area contributed by atoms with Crippen LogP contribution in [0.1, 0.15) is 11.1 Å². The average Bonchev–Trinajstić information content (AvgIpc) is 2.39. The highest BCUT2D eigenvalue weighted by Crippen LogP contribution is 2.31. The van der Waals surface area contributed by atoms with Crippen LogP contribution in [0.3, 0.4) is 0 Å². The topological polar surface area (TPSA) is 25.8 Å². The van der Waals surface area contributed by atoms with Crippen molar-refractivity contribution in [2.24, 2.45) is 0 Å². The maximum absolute atomic E-state index is 6.31. The zero-order valence-electron chi connectivity index (χ0n) is 10.8. The van der Waals surface area contributed by atoms with Crippen molar-refractivity contribution in [3.63, 3.8) is 0 Å². The maximum Gasteiger partial charge on any atom is 0.156 e. The van der Waals surface area contributed by atoms with Crippen molar-refractivity contribution in [2.75, 3.05) is 0 Å². The van der Waals surface area contributed by atoms with Gasteiger partial charge in [-0.2, -0.15) is 0 Å². The minimum absolute atomic E-state index is 0.455. The first-order valence-electron chi connectivity index (χ1n) is 6.15. The molecule has 0 saturated heterocycles. The van der Waals surface area contributed by atoms with Crippen LogP contribution in [0.2, 0.25) is 5.15 Å². The number of benzene rings is 2. The first-order chi connectivity index (χ1) is 9.16. The number of aryl methyl sites for hydroxylation is 2. The van der Waals surface area contributed by atoms with Crippen LogP contribution in [0.15, 0.2) is 42.5 Å². The summed E-state index contributed by atoms with van der Waals surface area (Å²) in [7, 11) is 0. The summed E-state index contributed by atoms with van der Waals surface area (Å²) in [6, 6.07) is 13.9. The Kier molecular flexibility index (Phi) is 2.96. The van der Waals surface area contributed by atoms with Crippen LogP contribution in [0.4, 0.5) is 0 Å². The number of rotatable bonds is 1. The van der Waals surface area contributed by atoms with E-state index in [2.05, 4.69) is 35.9 Å². The molecule has 2 nitrogen and oxygen atoms in total. The van der Waals surface area contributed by atoms with E-state index in [1.807, 2.05) is 30.3 Å². The van der Waals surface area contributed by atoms with Gasteiger partial charge in [0.25, 0.3) is 0 Å². The molecule has 0 atom stereocenters. The van der Waals surface area contributed by atoms with E-state index in [4.69, 9.17) is 11.6 Å². The average molecular weight is 269 g/mol. The van der Waals surface area contributed by atoms with Crippen molar-refractivity contribution in [3.8, 4) is 11.3 Å². The number of aromatic nitrogens is 2. The molecule has 3 aromatic rings. The van der Waals surface area contributed by atoms with Gasteiger partial charge in [0.15, 0.2) is 5.15 Å². The fourth-order valence-electron chi connectivity index (χ4n) is 2.33. The minimum Gasteiger partial charge on any atom is -0.243 e. The molecular weight excluding hydrogens is 256 g/mol. The largest absolute Gasteiger partial charge is 0.243 e. The molecule has 0 unspecified atom stereocenters. The van der Waals surface area contributed by atoms with Crippen LogP contribution in [0.5, 0.6) is 0 Å². The lowest BCUT2D eigenvalue weighted by atomic mass is 10.0. The molecule has 1 heterocycles. The molecule has 0 aliphatic heterocycles. The highest BCUT2D eigenvalue weighted by molar-refractivity contribution is 6.32. The van der Waals surface area contributed by atoms with Crippen LogP contribution in [0.25, 0.3) is 22.3 Å². The van der Waals surface area contributed by atoms with Gasteiger partial charge in [0, 0.05) is 5.56 Å². The summed E-state index contributed by atoms with van der Waals surface area (Å²) < 4.78 is 0. The van der Waals surface area contributed by atoms with Crippen LogP contribution < -0.4 is 0 Å². The molecule has 0 aliphatic carbocycles. The second kappa shape index (κ2) is 4.63. The molecule has 1 aromatic heterocycles. The zero-order chi connectivity index (χ0) is 13.4. The van der Waals surface area contributed by atoms with Crippen LogP contribution in [0, 0.1) is 13.8 Å². The summed E-state index contributed by atoms with van der Waals surface area (Å²) in [5.74, 6) is 0. The number of hydrogen-bond donors (Lipinski definition) is 0. The number of nitrogens with zero attached hydrogens (tertiary/aromatic N) is 2. The number of hydrogen-bond acceptors (Lipinski definition) is 2. The molecule has 0 radical (unpaired) electrons. The third-order valence-electron chi connectivity index (χ3n) is 3.25. The second-order valence-electron chi connectivity index (χ2n) is 4.62. The van der Waals surface area contributed by atoms with Crippen LogP contribution in [-0.4, -0.2) is 9.97 Å². The standard InChI is InChI=1S/C16H13ClN2/c1-10-6-5-7-11(2)14(10)15-16(17)19-13-9-4-3-8-12(13)18-15/h3-9H,1-2H3. The van der Waals surface area contributed by atoms with Gasteiger partial charge in [-0.3, -0.25) is 0 Å². The van der Waals surface area contributed by atoms with E-state index in [0.717, 1.165) is 33.4 Å². The molecule has 0 spiro atoms. The SMILES string of the molecule is Cc1cccc(C)c1-c1nc2ccccc2nc1Cl. The molecule has 3 heteroatoms. The Bertz CT molecular complexity index is 746. The van der Waals surface area contributed by atoms with Gasteiger partial charge in [-0.05, 0) is 37.1 Å². The number of fused-ring (bicyclic) bond motifs is 1. The molecule has 0 amide bonds. The quantitative estimate of drug-likeness (QED) is 0.646. The summed E-state index contributed by atoms with van der Waals surface area (Å²) in [6.45, 7) is 4.13. The minimum atomic E-state index is 0.455. The summed E-state index contributed by atoms with van der Waals surface area (Å²) in [5, 5.41) is 0.455. The second-order valence-corrected chi connectivity index (χ2v) is 4.98. The lowest BCUT2D eigenvalue weighted by Crippen LogP contribution is -1.95. The normalized spacial score (nSPS) is 10.9. The van der Waals surface area contributed by atoms with Crippen molar-refractivity contribution >= 4 is 22.6 Å². The van der Waals surface area contributed by atoms with E-state index in [-0.39, 0.29) is 0 Å². The van der Waals surface area contributed by atoms with E-state index in [1.54, 1.807) is 0 Å². The molecule has 19 heavy (non-hydrogen) atoms. The molecule has 0 aliphatic rings. The highest BCUT2D eigenvalue weighted by atomic mass is 35.5. The molecule has 0 bridgehead atoms. The third kappa shape index (κ3) is 2.08. The smallest absolute Gasteiger partial charge is 0.156 e. The Hall–Kier alpha value is -1.93.